The van der Waals surface area contributed by atoms with Crippen LogP contribution in [-0.2, 0) is 18.3 Å². The Kier molecular flexibility index (Phi) is 3.16. The molecule has 18 heavy (non-hydrogen) atoms. The molecule has 1 aromatic heterocycles. The average Bonchev–Trinajstić information content (AvgIpc) is 2.26. The molecular formula is C14H18F3N. The highest BCUT2D eigenvalue weighted by Crippen LogP contribution is 2.41. The molecule has 0 bridgehead atoms. The number of hydrogen-bond donors (Lipinski definition) is 0. The Morgan fingerprint density at radius 1 is 1.11 bits per heavy atom. The first-order valence-corrected chi connectivity index (χ1v) is 6.30. The summed E-state index contributed by atoms with van der Waals surface area (Å²) in [6.07, 6.45) is -0.398. The minimum atomic E-state index is -4.27. The second-order valence-corrected chi connectivity index (χ2v) is 5.59. The normalized spacial score (nSPS) is 16.6. The van der Waals surface area contributed by atoms with Gasteiger partial charge in [0.2, 0.25) is 0 Å². The van der Waals surface area contributed by atoms with Gasteiger partial charge in [0.25, 0.3) is 0 Å². The van der Waals surface area contributed by atoms with Crippen molar-refractivity contribution in [1.82, 2.24) is 4.98 Å². The van der Waals surface area contributed by atoms with Crippen LogP contribution in [0.25, 0.3) is 0 Å². The molecule has 4 heteroatoms. The average molecular weight is 257 g/mol. The molecule has 0 amide bonds. The van der Waals surface area contributed by atoms with E-state index in [4.69, 9.17) is 0 Å². The number of alkyl halides is 3. The van der Waals surface area contributed by atoms with Crippen LogP contribution in [0.3, 0.4) is 0 Å². The summed E-state index contributed by atoms with van der Waals surface area (Å²) < 4.78 is 39.3. The topological polar surface area (TPSA) is 12.9 Å². The zero-order valence-corrected chi connectivity index (χ0v) is 11.0. The van der Waals surface area contributed by atoms with Crippen molar-refractivity contribution in [3.63, 3.8) is 0 Å². The number of hydrogen-bond acceptors (Lipinski definition) is 1. The molecule has 2 rings (SSSR count). The van der Waals surface area contributed by atoms with E-state index < -0.39 is 11.6 Å². The first kappa shape index (κ1) is 13.4. The van der Waals surface area contributed by atoms with Gasteiger partial charge in [0.1, 0.15) is 5.41 Å². The lowest BCUT2D eigenvalue weighted by Gasteiger charge is -2.30. The highest BCUT2D eigenvalue weighted by molar-refractivity contribution is 5.35. The maximum absolute atomic E-state index is 13.1. The molecule has 1 nitrogen and oxygen atoms in total. The van der Waals surface area contributed by atoms with Crippen LogP contribution in [0, 0.1) is 6.92 Å². The standard InChI is InChI=1S/C14H18F3N/c1-9-8-10-6-4-5-7-11(10)18-12(9)13(2,3)14(15,16)17/h8H,4-7H2,1-3H3. The Bertz CT molecular complexity index is 461. The van der Waals surface area contributed by atoms with Gasteiger partial charge in [-0.2, -0.15) is 13.2 Å². The van der Waals surface area contributed by atoms with Crippen molar-refractivity contribution >= 4 is 0 Å². The summed E-state index contributed by atoms with van der Waals surface area (Å²) in [5, 5.41) is 0. The monoisotopic (exact) mass is 257 g/mol. The number of pyridine rings is 1. The first-order valence-electron chi connectivity index (χ1n) is 6.30. The molecule has 0 saturated carbocycles. The molecule has 0 saturated heterocycles. The van der Waals surface area contributed by atoms with Crippen LogP contribution in [0.5, 0.6) is 0 Å². The van der Waals surface area contributed by atoms with Crippen molar-refractivity contribution < 1.29 is 13.2 Å². The third kappa shape index (κ3) is 2.13. The quantitative estimate of drug-likeness (QED) is 0.737. The van der Waals surface area contributed by atoms with Crippen LogP contribution in [0.4, 0.5) is 13.2 Å². The van der Waals surface area contributed by atoms with Crippen molar-refractivity contribution in [1.29, 1.82) is 0 Å². The molecule has 0 atom stereocenters. The van der Waals surface area contributed by atoms with E-state index in [9.17, 15) is 13.2 Å². The minimum Gasteiger partial charge on any atom is -0.256 e. The van der Waals surface area contributed by atoms with Crippen LogP contribution < -0.4 is 0 Å². The predicted molar refractivity (Wildman–Crippen MR) is 64.7 cm³/mol. The van der Waals surface area contributed by atoms with Crippen molar-refractivity contribution in [2.75, 3.05) is 0 Å². The van der Waals surface area contributed by atoms with Crippen LogP contribution in [0.1, 0.15) is 49.2 Å². The van der Waals surface area contributed by atoms with E-state index in [1.807, 2.05) is 6.07 Å². The molecule has 100 valence electrons. The molecule has 0 radical (unpaired) electrons. The van der Waals surface area contributed by atoms with Crippen molar-refractivity contribution in [3.05, 3.63) is 28.6 Å². The molecule has 1 aliphatic rings. The summed E-state index contributed by atoms with van der Waals surface area (Å²) in [4.78, 5) is 4.33. The van der Waals surface area contributed by atoms with Gasteiger partial charge in [0.05, 0.1) is 5.69 Å². The number of aromatic nitrogens is 1. The molecule has 0 fully saturated rings. The Labute approximate surface area is 105 Å². The minimum absolute atomic E-state index is 0.177. The van der Waals surface area contributed by atoms with E-state index >= 15 is 0 Å². The molecule has 0 spiro atoms. The molecule has 0 unspecified atom stereocenters. The number of nitrogens with zero attached hydrogens (tertiary/aromatic N) is 1. The first-order chi connectivity index (χ1) is 8.23. The van der Waals surface area contributed by atoms with Crippen LogP contribution in [0.2, 0.25) is 0 Å². The van der Waals surface area contributed by atoms with Gasteiger partial charge in [-0.1, -0.05) is 6.07 Å². The summed E-state index contributed by atoms with van der Waals surface area (Å²) in [5.41, 5.74) is 0.928. The summed E-state index contributed by atoms with van der Waals surface area (Å²) in [7, 11) is 0. The molecular weight excluding hydrogens is 239 g/mol. The molecule has 1 aliphatic carbocycles. The van der Waals surface area contributed by atoms with E-state index in [0.29, 0.717) is 5.56 Å². The lowest BCUT2D eigenvalue weighted by molar-refractivity contribution is -0.181. The SMILES string of the molecule is Cc1cc2c(nc1C(C)(C)C(F)(F)F)CCCC2. The Morgan fingerprint density at radius 3 is 2.33 bits per heavy atom. The third-order valence-corrected chi connectivity index (χ3v) is 3.79. The van der Waals surface area contributed by atoms with Gasteiger partial charge >= 0.3 is 6.18 Å². The summed E-state index contributed by atoms with van der Waals surface area (Å²) in [6, 6.07) is 1.89. The van der Waals surface area contributed by atoms with Gasteiger partial charge in [0, 0.05) is 5.69 Å². The van der Waals surface area contributed by atoms with Gasteiger partial charge in [0.15, 0.2) is 0 Å². The Balaban J connectivity index is 2.52. The number of aryl methyl sites for hydroxylation is 3. The van der Waals surface area contributed by atoms with E-state index in [-0.39, 0.29) is 5.69 Å². The second kappa shape index (κ2) is 4.25. The van der Waals surface area contributed by atoms with Crippen LogP contribution in [0.15, 0.2) is 6.07 Å². The van der Waals surface area contributed by atoms with Gasteiger partial charge in [-0.3, -0.25) is 4.98 Å². The molecule has 0 aromatic carbocycles. The van der Waals surface area contributed by atoms with Gasteiger partial charge in [-0.05, 0) is 57.6 Å². The van der Waals surface area contributed by atoms with E-state index in [0.717, 1.165) is 36.9 Å². The summed E-state index contributed by atoms with van der Waals surface area (Å²) in [5.74, 6) is 0. The van der Waals surface area contributed by atoms with E-state index in [1.165, 1.54) is 13.8 Å². The van der Waals surface area contributed by atoms with E-state index in [2.05, 4.69) is 4.98 Å². The van der Waals surface area contributed by atoms with Crippen LogP contribution >= 0.6 is 0 Å². The molecule has 1 aromatic rings. The largest absolute Gasteiger partial charge is 0.399 e. The lowest BCUT2D eigenvalue weighted by Crippen LogP contribution is -2.38. The fourth-order valence-electron chi connectivity index (χ4n) is 2.52. The Morgan fingerprint density at radius 2 is 1.72 bits per heavy atom. The third-order valence-electron chi connectivity index (χ3n) is 3.79. The number of halogens is 3. The summed E-state index contributed by atoms with van der Waals surface area (Å²) in [6.45, 7) is 4.14. The van der Waals surface area contributed by atoms with Crippen molar-refractivity contribution in [2.24, 2.45) is 0 Å². The smallest absolute Gasteiger partial charge is 0.256 e. The van der Waals surface area contributed by atoms with Crippen molar-refractivity contribution in [3.8, 4) is 0 Å². The molecule has 1 heterocycles. The lowest BCUT2D eigenvalue weighted by atomic mass is 9.83. The van der Waals surface area contributed by atoms with Gasteiger partial charge in [-0.15, -0.1) is 0 Å². The number of fused-ring (bicyclic) bond motifs is 1. The molecule has 0 aliphatic heterocycles. The predicted octanol–water partition coefficient (Wildman–Crippen LogP) is 4.11. The Hall–Kier alpha value is -1.06. The fraction of sp³-hybridized carbons (Fsp3) is 0.643. The van der Waals surface area contributed by atoms with Gasteiger partial charge < -0.3 is 0 Å². The highest BCUT2D eigenvalue weighted by Gasteiger charge is 2.50. The van der Waals surface area contributed by atoms with E-state index in [1.54, 1.807) is 6.92 Å². The van der Waals surface area contributed by atoms with Gasteiger partial charge in [-0.25, -0.2) is 0 Å². The summed E-state index contributed by atoms with van der Waals surface area (Å²) >= 11 is 0. The zero-order chi connectivity index (χ0) is 13.6. The second-order valence-electron chi connectivity index (χ2n) is 5.59. The zero-order valence-electron chi connectivity index (χ0n) is 11.0. The van der Waals surface area contributed by atoms with Crippen LogP contribution in [-0.4, -0.2) is 11.2 Å². The molecule has 0 N–H and O–H groups in total. The number of rotatable bonds is 1. The maximum Gasteiger partial charge on any atom is 0.399 e. The highest BCUT2D eigenvalue weighted by atomic mass is 19.4. The maximum atomic E-state index is 13.1. The van der Waals surface area contributed by atoms with Crippen molar-refractivity contribution in [2.45, 2.75) is 58.0 Å². The fourth-order valence-corrected chi connectivity index (χ4v) is 2.52.